The molecular formula is C17H18F3NO2. The van der Waals surface area contributed by atoms with Gasteiger partial charge in [0.05, 0.1) is 6.04 Å². The van der Waals surface area contributed by atoms with Crippen LogP contribution in [0.4, 0.5) is 13.2 Å². The Balaban J connectivity index is 1.92. The minimum atomic E-state index is -1.11. The van der Waals surface area contributed by atoms with Gasteiger partial charge in [0.2, 0.25) is 0 Å². The highest BCUT2D eigenvalue weighted by Gasteiger charge is 2.15. The monoisotopic (exact) mass is 325 g/mol. The van der Waals surface area contributed by atoms with Crippen LogP contribution >= 0.6 is 0 Å². The van der Waals surface area contributed by atoms with Crippen molar-refractivity contribution in [3.8, 4) is 11.5 Å². The minimum absolute atomic E-state index is 0.121. The van der Waals surface area contributed by atoms with Crippen molar-refractivity contribution in [1.82, 2.24) is 0 Å². The summed E-state index contributed by atoms with van der Waals surface area (Å²) in [6.07, 6.45) is 0. The molecule has 6 heteroatoms. The van der Waals surface area contributed by atoms with Gasteiger partial charge in [-0.1, -0.05) is 18.2 Å². The van der Waals surface area contributed by atoms with Gasteiger partial charge in [-0.15, -0.1) is 0 Å². The van der Waals surface area contributed by atoms with Gasteiger partial charge >= 0.3 is 0 Å². The quantitative estimate of drug-likeness (QED) is 0.884. The minimum Gasteiger partial charge on any atom is -0.491 e. The number of rotatable bonds is 6. The summed E-state index contributed by atoms with van der Waals surface area (Å²) in [4.78, 5) is 0. The van der Waals surface area contributed by atoms with Crippen molar-refractivity contribution >= 4 is 0 Å². The number of benzene rings is 2. The second-order valence-electron chi connectivity index (χ2n) is 5.30. The van der Waals surface area contributed by atoms with Crippen molar-refractivity contribution in [3.05, 3.63) is 58.9 Å². The lowest BCUT2D eigenvalue weighted by molar-refractivity contribution is 0.208. The molecule has 2 aromatic rings. The maximum absolute atomic E-state index is 13.4. The van der Waals surface area contributed by atoms with Crippen LogP contribution in [0, 0.1) is 31.3 Å². The Morgan fingerprint density at radius 3 is 1.91 bits per heavy atom. The zero-order valence-corrected chi connectivity index (χ0v) is 12.9. The number of ether oxygens (including phenoxy) is 2. The third-order valence-electron chi connectivity index (χ3n) is 3.26. The Morgan fingerprint density at radius 1 is 0.913 bits per heavy atom. The van der Waals surface area contributed by atoms with E-state index < -0.39 is 29.2 Å². The van der Waals surface area contributed by atoms with E-state index in [0.29, 0.717) is 12.1 Å². The van der Waals surface area contributed by atoms with E-state index in [2.05, 4.69) is 0 Å². The van der Waals surface area contributed by atoms with Gasteiger partial charge in [0.25, 0.3) is 0 Å². The number of hydrogen-bond acceptors (Lipinski definition) is 3. The molecule has 0 aliphatic rings. The summed E-state index contributed by atoms with van der Waals surface area (Å²) < 4.78 is 50.4. The molecule has 2 N–H and O–H groups in total. The van der Waals surface area contributed by atoms with E-state index in [-0.39, 0.29) is 13.2 Å². The summed E-state index contributed by atoms with van der Waals surface area (Å²) in [6.45, 7) is 3.78. The summed E-state index contributed by atoms with van der Waals surface area (Å²) in [5.41, 5.74) is 7.76. The molecule has 23 heavy (non-hydrogen) atoms. The molecule has 0 heterocycles. The Bertz CT molecular complexity index is 648. The van der Waals surface area contributed by atoms with Gasteiger partial charge in [-0.3, -0.25) is 0 Å². The van der Waals surface area contributed by atoms with Crippen LogP contribution in [0.25, 0.3) is 0 Å². The van der Waals surface area contributed by atoms with Crippen LogP contribution in [0.2, 0.25) is 0 Å². The molecule has 1 atom stereocenters. The zero-order chi connectivity index (χ0) is 17.0. The van der Waals surface area contributed by atoms with E-state index in [0.717, 1.165) is 16.9 Å². The lowest BCUT2D eigenvalue weighted by Crippen LogP contribution is -2.34. The maximum Gasteiger partial charge on any atom is 0.190 e. The molecule has 0 bridgehead atoms. The Morgan fingerprint density at radius 2 is 1.39 bits per heavy atom. The van der Waals surface area contributed by atoms with Crippen LogP contribution in [-0.4, -0.2) is 19.3 Å². The molecule has 0 aliphatic heterocycles. The average molecular weight is 325 g/mol. The Labute approximate surface area is 132 Å². The smallest absolute Gasteiger partial charge is 0.190 e. The molecule has 1 unspecified atom stereocenters. The van der Waals surface area contributed by atoms with Gasteiger partial charge in [0.1, 0.15) is 24.8 Å². The van der Waals surface area contributed by atoms with Crippen LogP contribution in [-0.2, 0) is 0 Å². The molecule has 0 saturated heterocycles. The van der Waals surface area contributed by atoms with Gasteiger partial charge in [-0.05, 0) is 25.0 Å². The second-order valence-corrected chi connectivity index (χ2v) is 5.30. The molecule has 124 valence electrons. The van der Waals surface area contributed by atoms with Crippen LogP contribution in [0.15, 0.2) is 30.3 Å². The average Bonchev–Trinajstić information content (AvgIpc) is 2.45. The largest absolute Gasteiger partial charge is 0.491 e. The van der Waals surface area contributed by atoms with Crippen LogP contribution in [0.5, 0.6) is 11.5 Å². The molecule has 2 rings (SSSR count). The molecular weight excluding hydrogens is 307 g/mol. The van der Waals surface area contributed by atoms with Crippen LogP contribution in [0.1, 0.15) is 11.1 Å². The SMILES string of the molecule is Cc1cccc(C)c1OCC(N)COc1c(F)cc(F)cc1F. The number of aryl methyl sites for hydroxylation is 2. The first-order valence-electron chi connectivity index (χ1n) is 7.10. The summed E-state index contributed by atoms with van der Waals surface area (Å²) in [6, 6.07) is 6.24. The van der Waals surface area contributed by atoms with Crippen molar-refractivity contribution in [1.29, 1.82) is 0 Å². The van der Waals surface area contributed by atoms with Crippen LogP contribution in [0.3, 0.4) is 0 Å². The van der Waals surface area contributed by atoms with Gasteiger partial charge in [-0.25, -0.2) is 13.2 Å². The van der Waals surface area contributed by atoms with Crippen molar-refractivity contribution in [2.45, 2.75) is 19.9 Å². The van der Waals surface area contributed by atoms with E-state index in [1.54, 1.807) is 0 Å². The summed E-state index contributed by atoms with van der Waals surface area (Å²) in [5.74, 6) is -3.14. The molecule has 0 fully saturated rings. The summed E-state index contributed by atoms with van der Waals surface area (Å²) in [5, 5.41) is 0. The Kier molecular flexibility index (Phi) is 5.50. The normalized spacial score (nSPS) is 12.1. The first-order valence-corrected chi connectivity index (χ1v) is 7.10. The van der Waals surface area contributed by atoms with Crippen molar-refractivity contribution in [2.24, 2.45) is 5.73 Å². The third kappa shape index (κ3) is 4.39. The van der Waals surface area contributed by atoms with Gasteiger partial charge in [0.15, 0.2) is 17.4 Å². The maximum atomic E-state index is 13.4. The standard InChI is InChI=1S/C17H18F3NO2/c1-10-4-3-5-11(2)16(10)22-8-13(21)9-23-17-14(19)6-12(18)7-15(17)20/h3-7,13H,8-9,21H2,1-2H3. The second kappa shape index (κ2) is 7.37. The van der Waals surface area contributed by atoms with E-state index in [1.165, 1.54) is 0 Å². The van der Waals surface area contributed by atoms with Gasteiger partial charge in [-0.2, -0.15) is 0 Å². The third-order valence-corrected chi connectivity index (χ3v) is 3.26. The first-order chi connectivity index (χ1) is 10.9. The number of hydrogen-bond donors (Lipinski definition) is 1. The fourth-order valence-electron chi connectivity index (χ4n) is 2.12. The van der Waals surface area contributed by atoms with Crippen LogP contribution < -0.4 is 15.2 Å². The van der Waals surface area contributed by atoms with E-state index in [4.69, 9.17) is 15.2 Å². The molecule has 0 saturated carbocycles. The highest BCUT2D eigenvalue weighted by molar-refractivity contribution is 5.39. The van der Waals surface area contributed by atoms with Crippen molar-refractivity contribution < 1.29 is 22.6 Å². The molecule has 0 radical (unpaired) electrons. The zero-order valence-electron chi connectivity index (χ0n) is 12.9. The van der Waals surface area contributed by atoms with E-state index >= 15 is 0 Å². The molecule has 3 nitrogen and oxygen atoms in total. The van der Waals surface area contributed by atoms with Gasteiger partial charge in [0, 0.05) is 12.1 Å². The lowest BCUT2D eigenvalue weighted by Gasteiger charge is -2.17. The molecule has 0 amide bonds. The number of para-hydroxylation sites is 1. The predicted molar refractivity (Wildman–Crippen MR) is 81.2 cm³/mol. The summed E-state index contributed by atoms with van der Waals surface area (Å²) in [7, 11) is 0. The molecule has 0 aliphatic carbocycles. The first kappa shape index (κ1) is 17.1. The van der Waals surface area contributed by atoms with E-state index in [9.17, 15) is 13.2 Å². The fourth-order valence-corrected chi connectivity index (χ4v) is 2.12. The highest BCUT2D eigenvalue weighted by atomic mass is 19.1. The topological polar surface area (TPSA) is 44.5 Å². The molecule has 2 aromatic carbocycles. The number of halogens is 3. The molecule has 0 aromatic heterocycles. The number of nitrogens with two attached hydrogens (primary N) is 1. The molecule has 0 spiro atoms. The van der Waals surface area contributed by atoms with E-state index in [1.807, 2.05) is 32.0 Å². The Hall–Kier alpha value is -2.21. The van der Waals surface area contributed by atoms with Crippen molar-refractivity contribution in [3.63, 3.8) is 0 Å². The highest BCUT2D eigenvalue weighted by Crippen LogP contribution is 2.24. The summed E-state index contributed by atoms with van der Waals surface area (Å²) >= 11 is 0. The van der Waals surface area contributed by atoms with Gasteiger partial charge < -0.3 is 15.2 Å². The fraction of sp³-hybridized carbons (Fsp3) is 0.294. The lowest BCUT2D eigenvalue weighted by atomic mass is 10.1. The van der Waals surface area contributed by atoms with Crippen molar-refractivity contribution in [2.75, 3.05) is 13.2 Å². The predicted octanol–water partition coefficient (Wildman–Crippen LogP) is 3.51.